The van der Waals surface area contributed by atoms with Gasteiger partial charge >= 0.3 is 0 Å². The van der Waals surface area contributed by atoms with Crippen LogP contribution in [0, 0.1) is 19.8 Å². The molecule has 0 aliphatic carbocycles. The van der Waals surface area contributed by atoms with Crippen molar-refractivity contribution in [2.75, 3.05) is 18.4 Å². The van der Waals surface area contributed by atoms with E-state index in [2.05, 4.69) is 10.6 Å². The Bertz CT molecular complexity index is 465. The average Bonchev–Trinajstić information content (AvgIpc) is 2.86. The summed E-state index contributed by atoms with van der Waals surface area (Å²) in [4.78, 5) is 11.9. The highest BCUT2D eigenvalue weighted by atomic mass is 16.3. The van der Waals surface area contributed by atoms with Crippen LogP contribution in [0.15, 0.2) is 12.1 Å². The van der Waals surface area contributed by atoms with Crippen LogP contribution in [0.2, 0.25) is 0 Å². The number of carbonyl (C=O) groups excluding carboxylic acids is 1. The predicted molar refractivity (Wildman–Crippen MR) is 76.4 cm³/mol. The minimum Gasteiger partial charge on any atom is -0.508 e. The summed E-state index contributed by atoms with van der Waals surface area (Å²) in [5.41, 5.74) is 2.46. The summed E-state index contributed by atoms with van der Waals surface area (Å²) in [5, 5.41) is 15.8. The molecule has 19 heavy (non-hydrogen) atoms. The molecule has 1 unspecified atom stereocenters. The topological polar surface area (TPSA) is 61.4 Å². The fraction of sp³-hybridized carbons (Fsp3) is 0.533. The Labute approximate surface area is 114 Å². The Balaban J connectivity index is 1.89. The monoisotopic (exact) mass is 262 g/mol. The van der Waals surface area contributed by atoms with E-state index in [0.717, 1.165) is 36.3 Å². The Morgan fingerprint density at radius 1 is 1.42 bits per heavy atom. The van der Waals surface area contributed by atoms with Crippen LogP contribution in [0.5, 0.6) is 5.75 Å². The minimum atomic E-state index is 0.0556. The highest BCUT2D eigenvalue weighted by Crippen LogP contribution is 2.25. The number of rotatable bonds is 4. The number of benzene rings is 1. The molecule has 1 aliphatic rings. The van der Waals surface area contributed by atoms with Crippen molar-refractivity contribution in [2.24, 2.45) is 5.92 Å². The van der Waals surface area contributed by atoms with Gasteiger partial charge in [-0.05, 0) is 69.0 Å². The first-order valence-corrected chi connectivity index (χ1v) is 6.87. The third-order valence-electron chi connectivity index (χ3n) is 3.76. The Kier molecular flexibility index (Phi) is 4.43. The van der Waals surface area contributed by atoms with E-state index >= 15 is 0 Å². The zero-order chi connectivity index (χ0) is 13.8. The van der Waals surface area contributed by atoms with Gasteiger partial charge in [-0.2, -0.15) is 0 Å². The van der Waals surface area contributed by atoms with Crippen LogP contribution in [0.4, 0.5) is 5.69 Å². The minimum absolute atomic E-state index is 0.0556. The third-order valence-corrected chi connectivity index (χ3v) is 3.76. The Morgan fingerprint density at radius 2 is 2.21 bits per heavy atom. The quantitative estimate of drug-likeness (QED) is 0.730. The maximum absolute atomic E-state index is 11.9. The van der Waals surface area contributed by atoms with E-state index in [0.29, 0.717) is 12.3 Å². The predicted octanol–water partition coefficient (Wildman–Crippen LogP) is 2.34. The average molecular weight is 262 g/mol. The number of hydrogen-bond acceptors (Lipinski definition) is 3. The number of hydrogen-bond donors (Lipinski definition) is 3. The zero-order valence-corrected chi connectivity index (χ0v) is 11.6. The zero-order valence-electron chi connectivity index (χ0n) is 11.6. The molecule has 2 rings (SSSR count). The van der Waals surface area contributed by atoms with Gasteiger partial charge in [-0.15, -0.1) is 0 Å². The molecular weight excluding hydrogens is 240 g/mol. The first-order chi connectivity index (χ1) is 9.06. The first kappa shape index (κ1) is 13.9. The van der Waals surface area contributed by atoms with Crippen molar-refractivity contribution in [3.05, 3.63) is 23.3 Å². The second kappa shape index (κ2) is 6.06. The first-order valence-electron chi connectivity index (χ1n) is 6.87. The highest BCUT2D eigenvalue weighted by Gasteiger charge is 2.16. The van der Waals surface area contributed by atoms with E-state index in [9.17, 15) is 9.90 Å². The Hall–Kier alpha value is -1.55. The molecular formula is C15H22N2O2. The van der Waals surface area contributed by atoms with Crippen molar-refractivity contribution < 1.29 is 9.90 Å². The van der Waals surface area contributed by atoms with E-state index < -0.39 is 0 Å². The number of phenolic OH excluding ortho intramolecular Hbond substituents is 1. The van der Waals surface area contributed by atoms with Crippen LogP contribution in [0.25, 0.3) is 0 Å². The molecule has 1 amide bonds. The molecule has 1 aromatic carbocycles. The molecule has 1 heterocycles. The van der Waals surface area contributed by atoms with Crippen LogP contribution in [0.3, 0.4) is 0 Å². The number of amides is 1. The van der Waals surface area contributed by atoms with Crippen molar-refractivity contribution in [2.45, 2.75) is 33.1 Å². The number of phenols is 1. The molecule has 0 bridgehead atoms. The van der Waals surface area contributed by atoms with Gasteiger partial charge in [0.05, 0.1) is 0 Å². The van der Waals surface area contributed by atoms with Gasteiger partial charge in [0.2, 0.25) is 5.91 Å². The van der Waals surface area contributed by atoms with E-state index in [1.807, 2.05) is 19.9 Å². The van der Waals surface area contributed by atoms with Crippen LogP contribution in [-0.4, -0.2) is 24.1 Å². The maximum Gasteiger partial charge on any atom is 0.224 e. The summed E-state index contributed by atoms with van der Waals surface area (Å²) in [6.45, 7) is 5.82. The summed E-state index contributed by atoms with van der Waals surface area (Å²) < 4.78 is 0. The van der Waals surface area contributed by atoms with Crippen LogP contribution >= 0.6 is 0 Å². The van der Waals surface area contributed by atoms with Gasteiger partial charge in [0.1, 0.15) is 5.75 Å². The van der Waals surface area contributed by atoms with Crippen LogP contribution in [-0.2, 0) is 4.79 Å². The standard InChI is InChI=1S/C15H22N2O2/c1-10-8-14(18)11(2)7-13(10)17-15(19)4-3-12-5-6-16-9-12/h7-8,12,16,18H,3-6,9H2,1-2H3,(H,17,19). The molecule has 0 aromatic heterocycles. The molecule has 0 radical (unpaired) electrons. The van der Waals surface area contributed by atoms with Crippen LogP contribution in [0.1, 0.15) is 30.4 Å². The second-order valence-corrected chi connectivity index (χ2v) is 5.40. The Morgan fingerprint density at radius 3 is 2.89 bits per heavy atom. The van der Waals surface area contributed by atoms with Crippen molar-refractivity contribution >= 4 is 11.6 Å². The van der Waals surface area contributed by atoms with E-state index in [1.165, 1.54) is 6.42 Å². The molecule has 4 nitrogen and oxygen atoms in total. The lowest BCUT2D eigenvalue weighted by Crippen LogP contribution is -2.15. The van der Waals surface area contributed by atoms with Gasteiger partial charge in [-0.3, -0.25) is 4.79 Å². The van der Waals surface area contributed by atoms with Gasteiger partial charge in [0.25, 0.3) is 0 Å². The maximum atomic E-state index is 11.9. The van der Waals surface area contributed by atoms with Crippen LogP contribution < -0.4 is 10.6 Å². The molecule has 1 atom stereocenters. The smallest absolute Gasteiger partial charge is 0.224 e. The summed E-state index contributed by atoms with van der Waals surface area (Å²) in [6, 6.07) is 3.51. The molecule has 1 aromatic rings. The van der Waals surface area contributed by atoms with E-state index in [4.69, 9.17) is 0 Å². The number of carbonyl (C=O) groups is 1. The van der Waals surface area contributed by atoms with Crippen molar-refractivity contribution in [3.8, 4) is 5.75 Å². The normalized spacial score (nSPS) is 18.5. The number of aryl methyl sites for hydroxylation is 2. The molecule has 0 spiro atoms. The molecule has 1 saturated heterocycles. The molecule has 3 N–H and O–H groups in total. The summed E-state index contributed by atoms with van der Waals surface area (Å²) in [6.07, 6.45) is 2.67. The molecule has 0 saturated carbocycles. The lowest BCUT2D eigenvalue weighted by Gasteiger charge is -2.12. The summed E-state index contributed by atoms with van der Waals surface area (Å²) in [5.74, 6) is 0.959. The molecule has 1 aliphatic heterocycles. The second-order valence-electron chi connectivity index (χ2n) is 5.40. The fourth-order valence-corrected chi connectivity index (χ4v) is 2.44. The highest BCUT2D eigenvalue weighted by molar-refractivity contribution is 5.91. The van der Waals surface area contributed by atoms with Gasteiger partial charge < -0.3 is 15.7 Å². The number of nitrogens with one attached hydrogen (secondary N) is 2. The van der Waals surface area contributed by atoms with Crippen molar-refractivity contribution in [1.82, 2.24) is 5.32 Å². The largest absolute Gasteiger partial charge is 0.508 e. The molecule has 104 valence electrons. The van der Waals surface area contributed by atoms with Crippen molar-refractivity contribution in [3.63, 3.8) is 0 Å². The number of aromatic hydroxyl groups is 1. The summed E-state index contributed by atoms with van der Waals surface area (Å²) in [7, 11) is 0. The lowest BCUT2D eigenvalue weighted by atomic mass is 10.0. The van der Waals surface area contributed by atoms with Gasteiger partial charge in [-0.1, -0.05) is 0 Å². The van der Waals surface area contributed by atoms with E-state index in [1.54, 1.807) is 6.07 Å². The van der Waals surface area contributed by atoms with Crippen molar-refractivity contribution in [1.29, 1.82) is 0 Å². The van der Waals surface area contributed by atoms with Gasteiger partial charge in [0.15, 0.2) is 0 Å². The molecule has 4 heteroatoms. The fourth-order valence-electron chi connectivity index (χ4n) is 2.44. The SMILES string of the molecule is Cc1cc(NC(=O)CCC2CCNC2)c(C)cc1O. The molecule has 1 fully saturated rings. The third kappa shape index (κ3) is 3.70. The van der Waals surface area contributed by atoms with Gasteiger partial charge in [0, 0.05) is 12.1 Å². The number of anilines is 1. The summed E-state index contributed by atoms with van der Waals surface area (Å²) >= 11 is 0. The van der Waals surface area contributed by atoms with Gasteiger partial charge in [-0.25, -0.2) is 0 Å². The van der Waals surface area contributed by atoms with E-state index in [-0.39, 0.29) is 11.7 Å². The lowest BCUT2D eigenvalue weighted by molar-refractivity contribution is -0.116.